The molecule has 3 rings (SSSR count). The summed E-state index contributed by atoms with van der Waals surface area (Å²) in [4.78, 5) is 12.4. The van der Waals surface area contributed by atoms with Crippen LogP contribution in [0, 0.1) is 23.7 Å². The van der Waals surface area contributed by atoms with E-state index < -0.39 is 55.1 Å². The lowest BCUT2D eigenvalue weighted by Crippen LogP contribution is -2.60. The molecular formula is C21H36O9. The Kier molecular flexibility index (Phi) is 6.97. The topological polar surface area (TPSA) is 157 Å². The molecule has 0 unspecified atom stereocenters. The summed E-state index contributed by atoms with van der Waals surface area (Å²) in [5.41, 5.74) is -2.19. The Labute approximate surface area is 176 Å². The Morgan fingerprint density at radius 1 is 1.17 bits per heavy atom. The fourth-order valence-electron chi connectivity index (χ4n) is 5.54. The van der Waals surface area contributed by atoms with E-state index in [0.29, 0.717) is 19.3 Å². The van der Waals surface area contributed by atoms with Crippen LogP contribution in [0.4, 0.5) is 0 Å². The SMILES string of the molecule is C[C@@H]1C(=O)C[C@H]2[C@H]1C[C@H](C(C)(C)O[C@@H]1O[C@H](CO)[C@@H](O)[C@H](O)[C@H]1O)CC[C@]2(O)CO. The number of hydrogen-bond acceptors (Lipinski definition) is 9. The van der Waals surface area contributed by atoms with Crippen molar-refractivity contribution in [3.8, 4) is 0 Å². The first-order chi connectivity index (χ1) is 13.9. The summed E-state index contributed by atoms with van der Waals surface area (Å²) in [5, 5.41) is 60.6. The molecule has 0 aromatic heterocycles. The van der Waals surface area contributed by atoms with E-state index in [1.54, 1.807) is 0 Å². The maximum Gasteiger partial charge on any atom is 0.187 e. The smallest absolute Gasteiger partial charge is 0.187 e. The minimum absolute atomic E-state index is 0.0881. The van der Waals surface area contributed by atoms with E-state index in [-0.39, 0.29) is 35.9 Å². The highest BCUT2D eigenvalue weighted by atomic mass is 16.7. The summed E-state index contributed by atoms with van der Waals surface area (Å²) in [6.07, 6.45) is -5.09. The van der Waals surface area contributed by atoms with E-state index in [1.165, 1.54) is 0 Å². The van der Waals surface area contributed by atoms with Gasteiger partial charge in [0, 0.05) is 18.3 Å². The Morgan fingerprint density at radius 3 is 2.43 bits per heavy atom. The van der Waals surface area contributed by atoms with Crippen LogP contribution in [0.2, 0.25) is 0 Å². The van der Waals surface area contributed by atoms with Gasteiger partial charge < -0.3 is 40.1 Å². The number of carbonyl (C=O) groups excluding carboxylic acids is 1. The van der Waals surface area contributed by atoms with E-state index in [0.717, 1.165) is 0 Å². The van der Waals surface area contributed by atoms with Gasteiger partial charge in [-0.25, -0.2) is 0 Å². The Morgan fingerprint density at radius 2 is 1.83 bits per heavy atom. The number of rotatable bonds is 5. The molecular weight excluding hydrogens is 396 g/mol. The maximum atomic E-state index is 12.4. The predicted octanol–water partition coefficient (Wildman–Crippen LogP) is -1.05. The second kappa shape index (κ2) is 8.71. The molecule has 0 aromatic carbocycles. The van der Waals surface area contributed by atoms with Crippen LogP contribution in [-0.4, -0.2) is 91.5 Å². The molecule has 0 spiro atoms. The van der Waals surface area contributed by atoms with Crippen LogP contribution in [0.1, 0.15) is 46.5 Å². The minimum Gasteiger partial charge on any atom is -0.394 e. The quantitative estimate of drug-likeness (QED) is 0.319. The number of fused-ring (bicyclic) bond motifs is 1. The standard InChI is InChI=1S/C21H36O9/c1-10-12-6-11(4-5-21(28,9-23)13(12)7-14(10)24)20(2,3)30-19-18(27)17(26)16(25)15(8-22)29-19/h10-13,15-19,22-23,25-28H,4-9H2,1-3H3/t10-,11+,12-,13-,15+,16+,17-,18+,19-,21-/m0/s1. The lowest BCUT2D eigenvalue weighted by molar-refractivity contribution is -0.329. The number of aliphatic hydroxyl groups excluding tert-OH is 5. The van der Waals surface area contributed by atoms with Gasteiger partial charge in [0.15, 0.2) is 6.29 Å². The molecule has 9 heteroatoms. The van der Waals surface area contributed by atoms with Gasteiger partial charge in [0.05, 0.1) is 24.4 Å². The zero-order valence-corrected chi connectivity index (χ0v) is 17.8. The molecule has 3 aliphatic rings. The highest BCUT2D eigenvalue weighted by molar-refractivity contribution is 5.83. The van der Waals surface area contributed by atoms with E-state index in [4.69, 9.17) is 9.47 Å². The van der Waals surface area contributed by atoms with Crippen molar-refractivity contribution in [2.24, 2.45) is 23.7 Å². The highest BCUT2D eigenvalue weighted by Crippen LogP contribution is 2.51. The first-order valence-electron chi connectivity index (χ1n) is 10.8. The fraction of sp³-hybridized carbons (Fsp3) is 0.952. The maximum absolute atomic E-state index is 12.4. The van der Waals surface area contributed by atoms with Crippen molar-refractivity contribution in [2.75, 3.05) is 13.2 Å². The third-order valence-corrected chi connectivity index (χ3v) is 7.79. The number of ketones is 1. The molecule has 0 bridgehead atoms. The van der Waals surface area contributed by atoms with Gasteiger partial charge in [-0.15, -0.1) is 0 Å². The van der Waals surface area contributed by atoms with Crippen LogP contribution in [0.3, 0.4) is 0 Å². The molecule has 2 aliphatic carbocycles. The Bertz CT molecular complexity index is 624. The van der Waals surface area contributed by atoms with E-state index >= 15 is 0 Å². The molecule has 174 valence electrons. The van der Waals surface area contributed by atoms with Gasteiger partial charge in [0.1, 0.15) is 30.2 Å². The number of carbonyl (C=O) groups is 1. The first-order valence-corrected chi connectivity index (χ1v) is 10.8. The summed E-state index contributed by atoms with van der Waals surface area (Å²) < 4.78 is 11.6. The molecule has 0 amide bonds. The van der Waals surface area contributed by atoms with Crippen LogP contribution in [0.25, 0.3) is 0 Å². The Balaban J connectivity index is 1.79. The second-order valence-electron chi connectivity index (χ2n) is 9.88. The van der Waals surface area contributed by atoms with Crippen molar-refractivity contribution in [1.82, 2.24) is 0 Å². The molecule has 0 radical (unpaired) electrons. The largest absolute Gasteiger partial charge is 0.394 e. The normalized spacial score (nSPS) is 47.8. The average Bonchev–Trinajstić information content (AvgIpc) is 2.90. The van der Waals surface area contributed by atoms with Crippen molar-refractivity contribution >= 4 is 5.78 Å². The number of ether oxygens (including phenoxy) is 2. The van der Waals surface area contributed by atoms with Crippen molar-refractivity contribution in [3.63, 3.8) is 0 Å². The zero-order chi connectivity index (χ0) is 22.4. The minimum atomic E-state index is -1.53. The fourth-order valence-corrected chi connectivity index (χ4v) is 5.54. The van der Waals surface area contributed by atoms with Gasteiger partial charge in [0.2, 0.25) is 0 Å². The lowest BCUT2D eigenvalue weighted by Gasteiger charge is -2.45. The van der Waals surface area contributed by atoms with Crippen LogP contribution in [0.5, 0.6) is 0 Å². The third-order valence-electron chi connectivity index (χ3n) is 7.79. The van der Waals surface area contributed by atoms with Gasteiger partial charge in [-0.3, -0.25) is 4.79 Å². The average molecular weight is 433 g/mol. The molecule has 1 heterocycles. The molecule has 9 nitrogen and oxygen atoms in total. The van der Waals surface area contributed by atoms with Crippen LogP contribution in [-0.2, 0) is 14.3 Å². The molecule has 3 fully saturated rings. The van der Waals surface area contributed by atoms with E-state index in [9.17, 15) is 35.4 Å². The van der Waals surface area contributed by atoms with Crippen molar-refractivity contribution in [1.29, 1.82) is 0 Å². The predicted molar refractivity (Wildman–Crippen MR) is 104 cm³/mol. The summed E-state index contributed by atoms with van der Waals surface area (Å²) in [6, 6.07) is 0. The van der Waals surface area contributed by atoms with Gasteiger partial charge in [0.25, 0.3) is 0 Å². The van der Waals surface area contributed by atoms with Gasteiger partial charge in [-0.2, -0.15) is 0 Å². The number of Topliss-reactive ketones (excluding diaryl/α,β-unsaturated/α-hetero) is 1. The van der Waals surface area contributed by atoms with Crippen molar-refractivity contribution in [2.45, 2.75) is 88.4 Å². The molecule has 2 saturated carbocycles. The van der Waals surface area contributed by atoms with Crippen LogP contribution < -0.4 is 0 Å². The zero-order valence-electron chi connectivity index (χ0n) is 17.8. The number of aliphatic hydroxyl groups is 6. The van der Waals surface area contributed by atoms with Gasteiger partial charge >= 0.3 is 0 Å². The lowest BCUT2D eigenvalue weighted by atomic mass is 9.76. The summed E-state index contributed by atoms with van der Waals surface area (Å²) in [7, 11) is 0. The molecule has 1 saturated heterocycles. The number of hydrogen-bond donors (Lipinski definition) is 6. The Hall–Kier alpha value is -0.650. The molecule has 30 heavy (non-hydrogen) atoms. The molecule has 0 aromatic rings. The van der Waals surface area contributed by atoms with Crippen LogP contribution >= 0.6 is 0 Å². The van der Waals surface area contributed by atoms with E-state index in [2.05, 4.69) is 0 Å². The molecule has 10 atom stereocenters. The molecule has 6 N–H and O–H groups in total. The second-order valence-corrected chi connectivity index (χ2v) is 9.88. The first kappa shape index (κ1) is 24.0. The van der Waals surface area contributed by atoms with E-state index in [1.807, 2.05) is 20.8 Å². The van der Waals surface area contributed by atoms with Crippen LogP contribution in [0.15, 0.2) is 0 Å². The molecule has 1 aliphatic heterocycles. The summed E-state index contributed by atoms with van der Waals surface area (Å²) >= 11 is 0. The van der Waals surface area contributed by atoms with Gasteiger partial charge in [-0.1, -0.05) is 6.92 Å². The third kappa shape index (κ3) is 4.19. The van der Waals surface area contributed by atoms with Crippen molar-refractivity contribution in [3.05, 3.63) is 0 Å². The highest BCUT2D eigenvalue weighted by Gasteiger charge is 2.54. The summed E-state index contributed by atoms with van der Waals surface area (Å²) in [5.74, 6) is -0.661. The van der Waals surface area contributed by atoms with Gasteiger partial charge in [-0.05, 0) is 44.9 Å². The van der Waals surface area contributed by atoms with Crippen molar-refractivity contribution < 1.29 is 44.9 Å². The monoisotopic (exact) mass is 432 g/mol. The summed E-state index contributed by atoms with van der Waals surface area (Å²) in [6.45, 7) is 4.55.